The number of rotatable bonds is 0. The minimum atomic E-state index is -1.22. The molecule has 58 heavy (non-hydrogen) atoms. The van der Waals surface area contributed by atoms with E-state index in [2.05, 4.69) is 72.8 Å². The van der Waals surface area contributed by atoms with Crippen molar-refractivity contribution in [2.45, 2.75) is 51.4 Å². The predicted octanol–water partition coefficient (Wildman–Crippen LogP) is 10.4. The third-order valence-electron chi connectivity index (χ3n) is 12.3. The Morgan fingerprint density at radius 3 is 0.741 bits per heavy atom. The lowest BCUT2D eigenvalue weighted by molar-refractivity contribution is 0.0681. The Kier molecular flexibility index (Phi) is 9.87. The molecule has 0 atom stereocenters. The van der Waals surface area contributed by atoms with Crippen molar-refractivity contribution >= 4 is 23.1 Å². The van der Waals surface area contributed by atoms with E-state index in [0.717, 1.165) is 44.5 Å². The molecule has 0 heterocycles. The third-order valence-corrected chi connectivity index (χ3v) is 12.3. The number of allylic oxidation sites excluding steroid dienone is 4. The van der Waals surface area contributed by atoms with Gasteiger partial charge in [0.1, 0.15) is 10.8 Å². The van der Waals surface area contributed by atoms with Crippen LogP contribution in [0.3, 0.4) is 0 Å². The molecule has 0 fully saturated rings. The van der Waals surface area contributed by atoms with E-state index in [4.69, 9.17) is 0 Å². The van der Waals surface area contributed by atoms with Crippen LogP contribution in [-0.2, 0) is 51.4 Å². The third kappa shape index (κ3) is 6.94. The number of Topliss-reactive ketones (excluding diaryl/α,β-unsaturated/α-hetero) is 4. The average Bonchev–Trinajstić information content (AvgIpc) is 3.57. The first kappa shape index (κ1) is 37.1. The second-order valence-corrected chi connectivity index (χ2v) is 16.3. The number of carbonyl (C=O) groups excluding carboxylic acids is 4. The zero-order valence-corrected chi connectivity index (χ0v) is 32.5. The second-order valence-electron chi connectivity index (χ2n) is 16.3. The largest absolute Gasteiger partial charge is 0.293 e. The van der Waals surface area contributed by atoms with Gasteiger partial charge in [-0.1, -0.05) is 170 Å². The number of benzene rings is 6. The normalized spacial score (nSPS) is 18.5. The lowest BCUT2D eigenvalue weighted by Gasteiger charge is -2.27. The highest BCUT2D eigenvalue weighted by molar-refractivity contribution is 6.30. The van der Waals surface area contributed by atoms with Crippen molar-refractivity contribution < 1.29 is 19.2 Å². The fraction of sp³-hybridized carbons (Fsp3) is 0.185. The number of carbonyl (C=O) groups is 4. The summed E-state index contributed by atoms with van der Waals surface area (Å²) in [6, 6.07) is 47.6. The molecule has 4 heteroatoms. The van der Waals surface area contributed by atoms with Crippen LogP contribution in [0.15, 0.2) is 170 Å². The topological polar surface area (TPSA) is 68.3 Å². The van der Waals surface area contributed by atoms with Gasteiger partial charge in [-0.05, 0) is 95.9 Å². The number of hydrogen-bond acceptors (Lipinski definition) is 4. The summed E-state index contributed by atoms with van der Waals surface area (Å²) in [6.45, 7) is 0. The molecule has 0 aliphatic heterocycles. The molecule has 8 bridgehead atoms. The van der Waals surface area contributed by atoms with Crippen LogP contribution in [0.4, 0.5) is 0 Å². The van der Waals surface area contributed by atoms with E-state index in [0.29, 0.717) is 73.6 Å². The van der Waals surface area contributed by atoms with Crippen LogP contribution in [0.25, 0.3) is 0 Å². The van der Waals surface area contributed by atoms with E-state index in [1.807, 2.05) is 72.8 Å². The summed E-state index contributed by atoms with van der Waals surface area (Å²) in [5.41, 5.74) is 7.88. The minimum Gasteiger partial charge on any atom is -0.293 e. The molecule has 4 nitrogen and oxygen atoms in total. The van der Waals surface area contributed by atoms with Gasteiger partial charge in [-0.15, -0.1) is 0 Å². The molecular formula is C54H44O4. The van der Waals surface area contributed by atoms with Crippen LogP contribution < -0.4 is 0 Å². The Bertz CT molecular complexity index is 2310. The van der Waals surface area contributed by atoms with Crippen molar-refractivity contribution in [1.82, 2.24) is 0 Å². The summed E-state index contributed by atoms with van der Waals surface area (Å²) in [7, 11) is 0. The molecule has 284 valence electrons. The molecule has 2 spiro atoms. The van der Waals surface area contributed by atoms with E-state index in [-0.39, 0.29) is 23.1 Å². The van der Waals surface area contributed by atoms with E-state index in [1.54, 1.807) is 24.3 Å². The van der Waals surface area contributed by atoms with E-state index >= 15 is 0 Å². The first-order valence-electron chi connectivity index (χ1n) is 20.3. The summed E-state index contributed by atoms with van der Waals surface area (Å²) < 4.78 is 0. The van der Waals surface area contributed by atoms with Crippen molar-refractivity contribution in [1.29, 1.82) is 0 Å². The highest BCUT2D eigenvalue weighted by Crippen LogP contribution is 2.44. The summed E-state index contributed by atoms with van der Waals surface area (Å²) in [5.74, 6) is -0.395. The standard InChI is InChI=1S/C54H44O4/c55-49-45-25-5-6-26-46(45)50(56)53(49)33-41-21-9-17-37(29-41)13-1-2-14-38-18-10-22-42(30-38)34-54(51(57)47-27-7-8-28-48(47)52(54)58)36-44-24-12-20-40(32-44)16-4-3-15-39-19-11-23-43(31-39)35-53/h1-12,17-32H,13-16,33-36H2/b2-1+,4-3+. The number of fused-ring (bicyclic) bond motifs is 10. The van der Waals surface area contributed by atoms with Crippen molar-refractivity contribution in [2.24, 2.45) is 10.8 Å². The fourth-order valence-electron chi connectivity index (χ4n) is 9.50. The molecule has 0 amide bonds. The van der Waals surface area contributed by atoms with Crippen LogP contribution >= 0.6 is 0 Å². The molecular weight excluding hydrogens is 713 g/mol. The number of ketones is 4. The van der Waals surface area contributed by atoms with Crippen LogP contribution in [0.1, 0.15) is 85.9 Å². The van der Waals surface area contributed by atoms with Gasteiger partial charge in [0.2, 0.25) is 0 Å². The lowest BCUT2D eigenvalue weighted by Crippen LogP contribution is -2.38. The Labute approximate surface area is 340 Å². The average molecular weight is 757 g/mol. The molecule has 3 aliphatic rings. The van der Waals surface area contributed by atoms with Gasteiger partial charge < -0.3 is 0 Å². The van der Waals surface area contributed by atoms with Gasteiger partial charge in [0, 0.05) is 22.3 Å². The lowest BCUT2D eigenvalue weighted by atomic mass is 9.72. The zero-order valence-electron chi connectivity index (χ0n) is 32.5. The summed E-state index contributed by atoms with van der Waals surface area (Å²) >= 11 is 0. The predicted molar refractivity (Wildman–Crippen MR) is 229 cm³/mol. The maximum absolute atomic E-state index is 14.4. The number of hydrogen-bond donors (Lipinski definition) is 0. The zero-order chi connectivity index (χ0) is 39.7. The Morgan fingerprint density at radius 1 is 0.276 bits per heavy atom. The van der Waals surface area contributed by atoms with Crippen LogP contribution in [-0.4, -0.2) is 23.1 Å². The highest BCUT2D eigenvalue weighted by atomic mass is 16.2. The molecule has 0 unspecified atom stereocenters. The van der Waals surface area contributed by atoms with E-state index in [9.17, 15) is 19.2 Å². The molecule has 0 saturated carbocycles. The molecule has 0 aromatic heterocycles. The summed E-state index contributed by atoms with van der Waals surface area (Å²) in [5, 5.41) is 0. The van der Waals surface area contributed by atoms with Gasteiger partial charge in [-0.2, -0.15) is 0 Å². The summed E-state index contributed by atoms with van der Waals surface area (Å²) in [4.78, 5) is 57.4. The Balaban J connectivity index is 1.07. The fourth-order valence-corrected chi connectivity index (χ4v) is 9.50. The van der Waals surface area contributed by atoms with Crippen LogP contribution in [0.2, 0.25) is 0 Å². The first-order valence-corrected chi connectivity index (χ1v) is 20.3. The van der Waals surface area contributed by atoms with Crippen LogP contribution in [0.5, 0.6) is 0 Å². The van der Waals surface area contributed by atoms with Gasteiger partial charge in [-0.3, -0.25) is 19.2 Å². The molecule has 6 aromatic rings. The van der Waals surface area contributed by atoms with Gasteiger partial charge >= 0.3 is 0 Å². The summed E-state index contributed by atoms with van der Waals surface area (Å²) in [6.07, 6.45) is 12.7. The van der Waals surface area contributed by atoms with E-state index in [1.165, 1.54) is 0 Å². The van der Waals surface area contributed by atoms with Crippen molar-refractivity contribution in [3.05, 3.63) is 237 Å². The van der Waals surface area contributed by atoms with Gasteiger partial charge in [0.15, 0.2) is 23.1 Å². The Hall–Kier alpha value is -6.52. The van der Waals surface area contributed by atoms with Gasteiger partial charge in [-0.25, -0.2) is 0 Å². The maximum atomic E-state index is 14.4. The van der Waals surface area contributed by atoms with E-state index < -0.39 is 10.8 Å². The van der Waals surface area contributed by atoms with Crippen LogP contribution in [0, 0.1) is 10.8 Å². The SMILES string of the molecule is O=C1c2ccccc2C(=O)C12Cc1cccc(c1)C/C=C/Cc1cccc(c1)CC1(Cc3cccc(c3)C/C=C/Cc3cccc(c3)C2)C(=O)c2ccccc2C1=O. The molecule has 0 saturated heterocycles. The van der Waals surface area contributed by atoms with Gasteiger partial charge in [0.05, 0.1) is 0 Å². The Morgan fingerprint density at radius 2 is 0.500 bits per heavy atom. The quantitative estimate of drug-likeness (QED) is 0.114. The van der Waals surface area contributed by atoms with Gasteiger partial charge in [0.25, 0.3) is 0 Å². The second kappa shape index (κ2) is 15.4. The smallest absolute Gasteiger partial charge is 0.178 e. The molecule has 9 rings (SSSR count). The molecule has 3 aliphatic carbocycles. The minimum absolute atomic E-state index is 0.0987. The first-order chi connectivity index (χ1) is 28.3. The highest BCUT2D eigenvalue weighted by Gasteiger charge is 2.53. The maximum Gasteiger partial charge on any atom is 0.178 e. The molecule has 0 radical (unpaired) electrons. The van der Waals surface area contributed by atoms with Crippen molar-refractivity contribution in [3.8, 4) is 0 Å². The van der Waals surface area contributed by atoms with Crippen molar-refractivity contribution in [2.75, 3.05) is 0 Å². The van der Waals surface area contributed by atoms with Crippen molar-refractivity contribution in [3.63, 3.8) is 0 Å². The molecule has 6 aromatic carbocycles. The monoisotopic (exact) mass is 756 g/mol. The molecule has 0 N–H and O–H groups in total.